The highest BCUT2D eigenvalue weighted by atomic mass is 16.2. The molecule has 0 heterocycles. The molecule has 72 valence electrons. The maximum Gasteiger partial charge on any atom is 0.0431 e. The van der Waals surface area contributed by atoms with Gasteiger partial charge in [-0.2, -0.15) is 0 Å². The minimum absolute atomic E-state index is 0.336. The van der Waals surface area contributed by atoms with Gasteiger partial charge in [0.1, 0.15) is 0 Å². The molecule has 0 radical (unpaired) electrons. The number of nitrogens with one attached hydrogen (secondary N) is 1. The zero-order valence-corrected chi connectivity index (χ0v) is 8.05. The van der Waals surface area contributed by atoms with E-state index < -0.39 is 0 Å². The van der Waals surface area contributed by atoms with Crippen LogP contribution in [0.5, 0.6) is 0 Å². The number of hydrogen-bond acceptors (Lipinski definition) is 2. The van der Waals surface area contributed by atoms with E-state index in [0.717, 1.165) is 31.3 Å². The quantitative estimate of drug-likeness (QED) is 0.615. The summed E-state index contributed by atoms with van der Waals surface area (Å²) in [6.07, 6.45) is 6.13. The Morgan fingerprint density at radius 2 is 2.17 bits per heavy atom. The van der Waals surface area contributed by atoms with Crippen molar-refractivity contribution in [1.82, 2.24) is 5.32 Å². The average molecular weight is 171 g/mol. The Kier molecular flexibility index (Phi) is 4.62. The van der Waals surface area contributed by atoms with Crippen LogP contribution in [0, 0.1) is 5.92 Å². The smallest absolute Gasteiger partial charge is 0.0431 e. The fourth-order valence-electron chi connectivity index (χ4n) is 1.94. The van der Waals surface area contributed by atoms with Gasteiger partial charge >= 0.3 is 0 Å². The predicted octanol–water partition coefficient (Wildman–Crippen LogP) is 1.54. The molecule has 2 atom stereocenters. The van der Waals surface area contributed by atoms with E-state index in [1.54, 1.807) is 0 Å². The minimum atomic E-state index is 0.336. The van der Waals surface area contributed by atoms with Gasteiger partial charge in [0.05, 0.1) is 0 Å². The zero-order chi connectivity index (χ0) is 8.81. The number of aliphatic hydroxyl groups excluding tert-OH is 1. The van der Waals surface area contributed by atoms with Crippen molar-refractivity contribution in [3.8, 4) is 0 Å². The van der Waals surface area contributed by atoms with Crippen LogP contribution in [0.25, 0.3) is 0 Å². The Balaban J connectivity index is 1.93. The molecule has 0 bridgehead atoms. The number of hydrogen-bond donors (Lipinski definition) is 2. The molecule has 0 saturated heterocycles. The first-order chi connectivity index (χ1) is 5.83. The van der Waals surface area contributed by atoms with Crippen LogP contribution in [0.15, 0.2) is 0 Å². The first-order valence-electron chi connectivity index (χ1n) is 5.17. The SMILES string of the molecule is CC1CCC(NCCCCO)C1. The Morgan fingerprint density at radius 1 is 1.33 bits per heavy atom. The second-order valence-electron chi connectivity index (χ2n) is 4.00. The first kappa shape index (κ1) is 10.0. The van der Waals surface area contributed by atoms with Gasteiger partial charge in [-0.3, -0.25) is 0 Å². The molecule has 1 aliphatic carbocycles. The fraction of sp³-hybridized carbons (Fsp3) is 1.00. The second-order valence-corrected chi connectivity index (χ2v) is 4.00. The first-order valence-corrected chi connectivity index (χ1v) is 5.17. The summed E-state index contributed by atoms with van der Waals surface area (Å²) in [5.41, 5.74) is 0. The summed E-state index contributed by atoms with van der Waals surface area (Å²) in [7, 11) is 0. The zero-order valence-electron chi connectivity index (χ0n) is 8.05. The molecule has 1 aliphatic rings. The third-order valence-electron chi connectivity index (χ3n) is 2.71. The van der Waals surface area contributed by atoms with Gasteiger partial charge in [-0.15, -0.1) is 0 Å². The summed E-state index contributed by atoms with van der Waals surface area (Å²) in [5, 5.41) is 12.1. The van der Waals surface area contributed by atoms with Crippen molar-refractivity contribution in [3.05, 3.63) is 0 Å². The molecule has 1 saturated carbocycles. The largest absolute Gasteiger partial charge is 0.396 e. The maximum atomic E-state index is 8.57. The molecule has 2 heteroatoms. The van der Waals surface area contributed by atoms with Crippen molar-refractivity contribution in [1.29, 1.82) is 0 Å². The predicted molar refractivity (Wildman–Crippen MR) is 51.1 cm³/mol. The van der Waals surface area contributed by atoms with E-state index in [1.807, 2.05) is 0 Å². The summed E-state index contributed by atoms with van der Waals surface area (Å²) < 4.78 is 0. The summed E-state index contributed by atoms with van der Waals surface area (Å²) in [4.78, 5) is 0. The fourth-order valence-corrected chi connectivity index (χ4v) is 1.94. The minimum Gasteiger partial charge on any atom is -0.396 e. The molecule has 1 rings (SSSR count). The van der Waals surface area contributed by atoms with Crippen LogP contribution in [-0.2, 0) is 0 Å². The summed E-state index contributed by atoms with van der Waals surface area (Å²) in [5.74, 6) is 0.917. The van der Waals surface area contributed by atoms with Crippen molar-refractivity contribution >= 4 is 0 Å². The third kappa shape index (κ3) is 3.55. The summed E-state index contributed by atoms with van der Waals surface area (Å²) >= 11 is 0. The van der Waals surface area contributed by atoms with E-state index in [-0.39, 0.29) is 0 Å². The Morgan fingerprint density at radius 3 is 2.75 bits per heavy atom. The van der Waals surface area contributed by atoms with Crippen LogP contribution in [0.2, 0.25) is 0 Å². The molecule has 2 nitrogen and oxygen atoms in total. The highest BCUT2D eigenvalue weighted by molar-refractivity contribution is 4.77. The number of unbranched alkanes of at least 4 members (excludes halogenated alkanes) is 1. The Hall–Kier alpha value is -0.0800. The van der Waals surface area contributed by atoms with Gasteiger partial charge in [0, 0.05) is 12.6 Å². The van der Waals surface area contributed by atoms with E-state index in [9.17, 15) is 0 Å². The van der Waals surface area contributed by atoms with Gasteiger partial charge in [-0.25, -0.2) is 0 Å². The van der Waals surface area contributed by atoms with Gasteiger partial charge in [0.15, 0.2) is 0 Å². The Bertz CT molecular complexity index is 116. The lowest BCUT2D eigenvalue weighted by atomic mass is 10.1. The van der Waals surface area contributed by atoms with Crippen molar-refractivity contribution in [3.63, 3.8) is 0 Å². The van der Waals surface area contributed by atoms with Crippen LogP contribution in [0.4, 0.5) is 0 Å². The number of rotatable bonds is 5. The van der Waals surface area contributed by atoms with Crippen LogP contribution >= 0.6 is 0 Å². The molecule has 0 spiro atoms. The van der Waals surface area contributed by atoms with Crippen LogP contribution in [0.3, 0.4) is 0 Å². The topological polar surface area (TPSA) is 32.3 Å². The van der Waals surface area contributed by atoms with Gasteiger partial charge in [-0.05, 0) is 44.6 Å². The summed E-state index contributed by atoms with van der Waals surface area (Å²) in [6, 6.07) is 0.763. The van der Waals surface area contributed by atoms with E-state index in [0.29, 0.717) is 6.61 Å². The number of aliphatic hydroxyl groups is 1. The highest BCUT2D eigenvalue weighted by Crippen LogP contribution is 2.24. The Labute approximate surface area is 75.4 Å². The lowest BCUT2D eigenvalue weighted by Crippen LogP contribution is -2.27. The van der Waals surface area contributed by atoms with Gasteiger partial charge in [-0.1, -0.05) is 6.92 Å². The molecular formula is C10H21NO. The molecule has 0 aromatic carbocycles. The standard InChI is InChI=1S/C10H21NO/c1-9-4-5-10(8-9)11-6-2-3-7-12/h9-12H,2-8H2,1H3. The van der Waals surface area contributed by atoms with Crippen molar-refractivity contribution in [2.24, 2.45) is 5.92 Å². The highest BCUT2D eigenvalue weighted by Gasteiger charge is 2.19. The molecule has 0 aromatic rings. The van der Waals surface area contributed by atoms with Crippen LogP contribution in [-0.4, -0.2) is 24.3 Å². The lowest BCUT2D eigenvalue weighted by molar-refractivity contribution is 0.282. The molecule has 0 amide bonds. The van der Waals surface area contributed by atoms with Crippen molar-refractivity contribution in [2.75, 3.05) is 13.2 Å². The van der Waals surface area contributed by atoms with E-state index >= 15 is 0 Å². The molecule has 2 N–H and O–H groups in total. The average Bonchev–Trinajstić information content (AvgIpc) is 2.45. The maximum absolute atomic E-state index is 8.57. The third-order valence-corrected chi connectivity index (χ3v) is 2.71. The van der Waals surface area contributed by atoms with E-state index in [1.165, 1.54) is 19.3 Å². The lowest BCUT2D eigenvalue weighted by Gasteiger charge is -2.11. The monoisotopic (exact) mass is 171 g/mol. The molecule has 0 aromatic heterocycles. The molecular weight excluding hydrogens is 150 g/mol. The second kappa shape index (κ2) is 5.55. The van der Waals surface area contributed by atoms with E-state index in [4.69, 9.17) is 5.11 Å². The van der Waals surface area contributed by atoms with Gasteiger partial charge in [0.2, 0.25) is 0 Å². The van der Waals surface area contributed by atoms with E-state index in [2.05, 4.69) is 12.2 Å². The summed E-state index contributed by atoms with van der Waals surface area (Å²) in [6.45, 7) is 3.75. The molecule has 0 aliphatic heterocycles. The molecule has 1 fully saturated rings. The van der Waals surface area contributed by atoms with Crippen molar-refractivity contribution in [2.45, 2.75) is 45.1 Å². The van der Waals surface area contributed by atoms with Crippen LogP contribution < -0.4 is 5.32 Å². The van der Waals surface area contributed by atoms with Gasteiger partial charge in [0.25, 0.3) is 0 Å². The molecule has 12 heavy (non-hydrogen) atoms. The van der Waals surface area contributed by atoms with Crippen LogP contribution in [0.1, 0.15) is 39.0 Å². The van der Waals surface area contributed by atoms with Gasteiger partial charge < -0.3 is 10.4 Å². The van der Waals surface area contributed by atoms with Crippen molar-refractivity contribution < 1.29 is 5.11 Å². The normalized spacial score (nSPS) is 29.5. The molecule has 2 unspecified atom stereocenters.